The first-order valence-corrected chi connectivity index (χ1v) is 7.19. The molecule has 0 aromatic carbocycles. The Labute approximate surface area is 105 Å². The third-order valence-electron chi connectivity index (χ3n) is 4.73. The molecule has 1 aliphatic heterocycles. The number of piperidine rings is 1. The SMILES string of the molecule is CCC1CCC(O)CC1N1CCC(OC)CC1. The van der Waals surface area contributed by atoms with E-state index in [1.165, 1.54) is 12.8 Å². The van der Waals surface area contributed by atoms with Crippen LogP contribution in [0.2, 0.25) is 0 Å². The Morgan fingerprint density at radius 3 is 2.47 bits per heavy atom. The van der Waals surface area contributed by atoms with Gasteiger partial charge in [0, 0.05) is 26.2 Å². The number of hydrogen-bond donors (Lipinski definition) is 1. The summed E-state index contributed by atoms with van der Waals surface area (Å²) >= 11 is 0. The van der Waals surface area contributed by atoms with Gasteiger partial charge in [0.25, 0.3) is 0 Å². The summed E-state index contributed by atoms with van der Waals surface area (Å²) in [6.45, 7) is 4.58. The second kappa shape index (κ2) is 6.17. The van der Waals surface area contributed by atoms with Crippen LogP contribution in [0.1, 0.15) is 45.4 Å². The average molecular weight is 241 g/mol. The third kappa shape index (κ3) is 3.21. The molecule has 0 radical (unpaired) electrons. The Bertz CT molecular complexity index is 226. The highest BCUT2D eigenvalue weighted by Crippen LogP contribution is 2.32. The summed E-state index contributed by atoms with van der Waals surface area (Å²) in [6, 6.07) is 0.613. The van der Waals surface area contributed by atoms with Gasteiger partial charge in [-0.1, -0.05) is 13.3 Å². The number of aliphatic hydroxyl groups excluding tert-OH is 1. The van der Waals surface area contributed by atoms with Crippen LogP contribution in [0.3, 0.4) is 0 Å². The normalized spacial score (nSPS) is 37.2. The molecule has 0 aromatic rings. The topological polar surface area (TPSA) is 32.7 Å². The Morgan fingerprint density at radius 1 is 1.18 bits per heavy atom. The smallest absolute Gasteiger partial charge is 0.0595 e. The van der Waals surface area contributed by atoms with Crippen LogP contribution in [0.15, 0.2) is 0 Å². The first-order chi connectivity index (χ1) is 8.24. The minimum absolute atomic E-state index is 0.0667. The maximum absolute atomic E-state index is 9.87. The van der Waals surface area contributed by atoms with Crippen molar-refractivity contribution >= 4 is 0 Å². The van der Waals surface area contributed by atoms with Crippen molar-refractivity contribution < 1.29 is 9.84 Å². The van der Waals surface area contributed by atoms with Crippen molar-refractivity contribution in [2.24, 2.45) is 5.92 Å². The number of aliphatic hydroxyl groups is 1. The molecule has 1 aliphatic carbocycles. The lowest BCUT2D eigenvalue weighted by Crippen LogP contribution is -2.49. The first kappa shape index (κ1) is 13.3. The molecule has 0 amide bonds. The van der Waals surface area contributed by atoms with Crippen molar-refractivity contribution in [3.8, 4) is 0 Å². The highest BCUT2D eigenvalue weighted by atomic mass is 16.5. The number of methoxy groups -OCH3 is 1. The minimum Gasteiger partial charge on any atom is -0.393 e. The van der Waals surface area contributed by atoms with Gasteiger partial charge in [0.15, 0.2) is 0 Å². The molecule has 1 saturated carbocycles. The monoisotopic (exact) mass is 241 g/mol. The van der Waals surface area contributed by atoms with Crippen LogP contribution in [0.5, 0.6) is 0 Å². The van der Waals surface area contributed by atoms with Crippen LogP contribution < -0.4 is 0 Å². The number of hydrogen-bond acceptors (Lipinski definition) is 3. The highest BCUT2D eigenvalue weighted by Gasteiger charge is 2.34. The molecule has 100 valence electrons. The number of nitrogens with zero attached hydrogens (tertiary/aromatic N) is 1. The average Bonchev–Trinajstić information content (AvgIpc) is 2.39. The molecule has 2 aliphatic rings. The van der Waals surface area contributed by atoms with Crippen molar-refractivity contribution in [2.75, 3.05) is 20.2 Å². The Kier molecular flexibility index (Phi) is 4.83. The van der Waals surface area contributed by atoms with Gasteiger partial charge in [-0.3, -0.25) is 4.90 Å². The summed E-state index contributed by atoms with van der Waals surface area (Å²) in [4.78, 5) is 2.60. The third-order valence-corrected chi connectivity index (χ3v) is 4.73. The zero-order valence-electron chi connectivity index (χ0n) is 11.3. The predicted molar refractivity (Wildman–Crippen MR) is 69.0 cm³/mol. The van der Waals surface area contributed by atoms with E-state index in [4.69, 9.17) is 4.74 Å². The van der Waals surface area contributed by atoms with Crippen LogP contribution in [0.25, 0.3) is 0 Å². The van der Waals surface area contributed by atoms with E-state index in [9.17, 15) is 5.11 Å². The van der Waals surface area contributed by atoms with E-state index in [2.05, 4.69) is 11.8 Å². The molecule has 0 spiro atoms. The van der Waals surface area contributed by atoms with Crippen LogP contribution >= 0.6 is 0 Å². The summed E-state index contributed by atoms with van der Waals surface area (Å²) in [5.41, 5.74) is 0. The van der Waals surface area contributed by atoms with E-state index in [0.717, 1.165) is 44.7 Å². The maximum Gasteiger partial charge on any atom is 0.0595 e. The fourth-order valence-electron chi connectivity index (χ4n) is 3.55. The number of rotatable bonds is 3. The molecule has 1 N–H and O–H groups in total. The van der Waals surface area contributed by atoms with Gasteiger partial charge >= 0.3 is 0 Å². The van der Waals surface area contributed by atoms with Gasteiger partial charge in [-0.15, -0.1) is 0 Å². The fraction of sp³-hybridized carbons (Fsp3) is 1.00. The van der Waals surface area contributed by atoms with Crippen LogP contribution in [0, 0.1) is 5.92 Å². The summed E-state index contributed by atoms with van der Waals surface area (Å²) < 4.78 is 5.43. The van der Waals surface area contributed by atoms with Gasteiger partial charge in [0.1, 0.15) is 0 Å². The largest absolute Gasteiger partial charge is 0.393 e. The first-order valence-electron chi connectivity index (χ1n) is 7.19. The molecule has 3 atom stereocenters. The molecule has 2 fully saturated rings. The number of ether oxygens (including phenoxy) is 1. The lowest BCUT2D eigenvalue weighted by Gasteiger charge is -2.44. The van der Waals surface area contributed by atoms with Gasteiger partial charge in [-0.05, 0) is 38.0 Å². The second-order valence-corrected chi connectivity index (χ2v) is 5.67. The van der Waals surface area contributed by atoms with E-state index in [-0.39, 0.29) is 6.10 Å². The molecule has 1 saturated heterocycles. The minimum atomic E-state index is -0.0667. The van der Waals surface area contributed by atoms with Crippen molar-refractivity contribution in [3.63, 3.8) is 0 Å². The van der Waals surface area contributed by atoms with Crippen molar-refractivity contribution in [1.29, 1.82) is 0 Å². The standard InChI is InChI=1S/C14H27NO2/c1-3-11-4-5-12(16)10-14(11)15-8-6-13(17-2)7-9-15/h11-14,16H,3-10H2,1-2H3. The van der Waals surface area contributed by atoms with Gasteiger partial charge in [0.2, 0.25) is 0 Å². The van der Waals surface area contributed by atoms with E-state index >= 15 is 0 Å². The van der Waals surface area contributed by atoms with Crippen molar-refractivity contribution in [2.45, 2.75) is 63.7 Å². The summed E-state index contributed by atoms with van der Waals surface area (Å²) in [5.74, 6) is 0.789. The van der Waals surface area contributed by atoms with Crippen LogP contribution in [0.4, 0.5) is 0 Å². The van der Waals surface area contributed by atoms with E-state index in [1.807, 2.05) is 7.11 Å². The van der Waals surface area contributed by atoms with Crippen LogP contribution in [-0.4, -0.2) is 48.5 Å². The van der Waals surface area contributed by atoms with Gasteiger partial charge in [-0.2, -0.15) is 0 Å². The highest BCUT2D eigenvalue weighted by molar-refractivity contribution is 4.88. The molecule has 3 heteroatoms. The fourth-order valence-corrected chi connectivity index (χ4v) is 3.55. The second-order valence-electron chi connectivity index (χ2n) is 5.67. The van der Waals surface area contributed by atoms with Gasteiger partial charge in [-0.25, -0.2) is 0 Å². The molecule has 3 nitrogen and oxygen atoms in total. The lowest BCUT2D eigenvalue weighted by atomic mass is 9.80. The molecular weight excluding hydrogens is 214 g/mol. The molecule has 0 aromatic heterocycles. The molecule has 2 rings (SSSR count). The molecule has 0 bridgehead atoms. The lowest BCUT2D eigenvalue weighted by molar-refractivity contribution is -0.0163. The predicted octanol–water partition coefficient (Wildman–Crippen LogP) is 2.04. The summed E-state index contributed by atoms with van der Waals surface area (Å²) in [6.07, 6.45) is 7.13. The Hall–Kier alpha value is -0.120. The van der Waals surface area contributed by atoms with Crippen molar-refractivity contribution in [1.82, 2.24) is 4.90 Å². The Balaban J connectivity index is 1.90. The van der Waals surface area contributed by atoms with E-state index < -0.39 is 0 Å². The van der Waals surface area contributed by atoms with E-state index in [1.54, 1.807) is 0 Å². The molecule has 1 heterocycles. The molecular formula is C14H27NO2. The summed E-state index contributed by atoms with van der Waals surface area (Å²) in [5, 5.41) is 9.87. The molecule has 3 unspecified atom stereocenters. The van der Waals surface area contributed by atoms with Crippen LogP contribution in [-0.2, 0) is 4.74 Å². The number of likely N-dealkylation sites (tertiary alicyclic amines) is 1. The maximum atomic E-state index is 9.87. The Morgan fingerprint density at radius 2 is 1.88 bits per heavy atom. The zero-order chi connectivity index (χ0) is 12.3. The van der Waals surface area contributed by atoms with Gasteiger partial charge in [0.05, 0.1) is 12.2 Å². The zero-order valence-corrected chi connectivity index (χ0v) is 11.3. The summed E-state index contributed by atoms with van der Waals surface area (Å²) in [7, 11) is 1.82. The van der Waals surface area contributed by atoms with E-state index in [0.29, 0.717) is 12.1 Å². The van der Waals surface area contributed by atoms with Gasteiger partial charge < -0.3 is 9.84 Å². The van der Waals surface area contributed by atoms with Crippen molar-refractivity contribution in [3.05, 3.63) is 0 Å². The molecule has 17 heavy (non-hydrogen) atoms. The quantitative estimate of drug-likeness (QED) is 0.820.